The Morgan fingerprint density at radius 3 is 2.61 bits per heavy atom. The van der Waals surface area contributed by atoms with E-state index in [1.54, 1.807) is 12.1 Å². The number of hydrogen-bond acceptors (Lipinski definition) is 4. The second-order valence-electron chi connectivity index (χ2n) is 5.85. The van der Waals surface area contributed by atoms with Gasteiger partial charge in [-0.15, -0.1) is 0 Å². The van der Waals surface area contributed by atoms with Crippen LogP contribution in [-0.2, 0) is 0 Å². The Labute approximate surface area is 136 Å². The lowest BCUT2D eigenvalue weighted by atomic mass is 10.1. The number of likely N-dealkylation sites (tertiary alicyclic amines) is 1. The van der Waals surface area contributed by atoms with Gasteiger partial charge in [-0.2, -0.15) is 0 Å². The van der Waals surface area contributed by atoms with Crippen molar-refractivity contribution in [3.05, 3.63) is 53.7 Å². The average Bonchev–Trinajstić information content (AvgIpc) is 2.58. The fourth-order valence-corrected chi connectivity index (χ4v) is 2.76. The van der Waals surface area contributed by atoms with E-state index in [9.17, 15) is 4.79 Å². The van der Waals surface area contributed by atoms with Crippen LogP contribution >= 0.6 is 0 Å². The van der Waals surface area contributed by atoms with Crippen molar-refractivity contribution in [2.24, 2.45) is 0 Å². The summed E-state index contributed by atoms with van der Waals surface area (Å²) in [5.74, 6) is 1.36. The standard InChI is InChI=1S/C18H21N3O2/c1-13-4-2-3-5-16(13)23-15-8-10-21(11-9-15)18(22)14-6-7-17(19)20-12-14/h2-7,12,15H,8-11H2,1H3,(H2,19,20). The quantitative estimate of drug-likeness (QED) is 0.946. The summed E-state index contributed by atoms with van der Waals surface area (Å²) in [6.07, 6.45) is 3.36. The molecule has 2 aromatic rings. The molecule has 1 aromatic carbocycles. The number of amides is 1. The zero-order valence-corrected chi connectivity index (χ0v) is 13.2. The number of aryl methyl sites for hydroxylation is 1. The summed E-state index contributed by atoms with van der Waals surface area (Å²) < 4.78 is 6.07. The first-order valence-electron chi connectivity index (χ1n) is 7.86. The van der Waals surface area contributed by atoms with Crippen LogP contribution in [0.4, 0.5) is 5.82 Å². The lowest BCUT2D eigenvalue weighted by Crippen LogP contribution is -2.41. The van der Waals surface area contributed by atoms with Gasteiger partial charge < -0.3 is 15.4 Å². The normalized spacial score (nSPS) is 15.4. The number of anilines is 1. The number of para-hydroxylation sites is 1. The van der Waals surface area contributed by atoms with Gasteiger partial charge in [0, 0.05) is 32.1 Å². The number of carbonyl (C=O) groups is 1. The Balaban J connectivity index is 1.57. The summed E-state index contributed by atoms with van der Waals surface area (Å²) >= 11 is 0. The van der Waals surface area contributed by atoms with Gasteiger partial charge >= 0.3 is 0 Å². The van der Waals surface area contributed by atoms with Crippen molar-refractivity contribution in [2.45, 2.75) is 25.9 Å². The van der Waals surface area contributed by atoms with Crippen LogP contribution in [0.3, 0.4) is 0 Å². The van der Waals surface area contributed by atoms with E-state index in [-0.39, 0.29) is 12.0 Å². The minimum Gasteiger partial charge on any atom is -0.490 e. The van der Waals surface area contributed by atoms with E-state index in [1.165, 1.54) is 6.20 Å². The molecule has 1 aliphatic heterocycles. The molecule has 23 heavy (non-hydrogen) atoms. The Morgan fingerprint density at radius 1 is 1.22 bits per heavy atom. The summed E-state index contributed by atoms with van der Waals surface area (Å²) in [6.45, 7) is 3.43. The molecule has 2 heterocycles. The Morgan fingerprint density at radius 2 is 1.96 bits per heavy atom. The number of piperidine rings is 1. The van der Waals surface area contributed by atoms with Gasteiger partial charge in [0.2, 0.25) is 0 Å². The lowest BCUT2D eigenvalue weighted by Gasteiger charge is -2.32. The molecule has 1 aliphatic rings. The number of carbonyl (C=O) groups excluding carboxylic acids is 1. The molecule has 0 unspecified atom stereocenters. The second-order valence-corrected chi connectivity index (χ2v) is 5.85. The number of nitrogens with zero attached hydrogens (tertiary/aromatic N) is 2. The number of hydrogen-bond donors (Lipinski definition) is 1. The van der Waals surface area contributed by atoms with E-state index in [2.05, 4.69) is 4.98 Å². The predicted molar refractivity (Wildman–Crippen MR) is 89.4 cm³/mol. The predicted octanol–water partition coefficient (Wildman–Crippen LogP) is 2.66. The van der Waals surface area contributed by atoms with E-state index in [0.717, 1.165) is 24.2 Å². The molecule has 1 amide bonds. The maximum absolute atomic E-state index is 12.4. The van der Waals surface area contributed by atoms with Crippen LogP contribution in [0, 0.1) is 6.92 Å². The van der Waals surface area contributed by atoms with Crippen molar-refractivity contribution in [3.63, 3.8) is 0 Å². The third kappa shape index (κ3) is 3.62. The molecule has 2 N–H and O–H groups in total. The Kier molecular flexibility index (Phi) is 4.46. The van der Waals surface area contributed by atoms with Gasteiger partial charge in [0.1, 0.15) is 17.7 Å². The van der Waals surface area contributed by atoms with E-state index < -0.39 is 0 Å². The van der Waals surface area contributed by atoms with E-state index in [4.69, 9.17) is 10.5 Å². The first kappa shape index (κ1) is 15.3. The minimum absolute atomic E-state index is 0.00633. The zero-order valence-electron chi connectivity index (χ0n) is 13.2. The molecule has 0 aliphatic carbocycles. The maximum atomic E-state index is 12.4. The summed E-state index contributed by atoms with van der Waals surface area (Å²) in [5, 5.41) is 0. The molecule has 0 spiro atoms. The van der Waals surface area contributed by atoms with Crippen molar-refractivity contribution in [1.82, 2.24) is 9.88 Å². The molecule has 120 valence electrons. The Hall–Kier alpha value is -2.56. The number of rotatable bonds is 3. The van der Waals surface area contributed by atoms with Crippen LogP contribution in [0.15, 0.2) is 42.6 Å². The topological polar surface area (TPSA) is 68.5 Å². The number of nitrogens with two attached hydrogens (primary N) is 1. The summed E-state index contributed by atoms with van der Waals surface area (Å²) in [4.78, 5) is 18.3. The molecular formula is C18H21N3O2. The lowest BCUT2D eigenvalue weighted by molar-refractivity contribution is 0.0594. The third-order valence-corrected chi connectivity index (χ3v) is 4.15. The van der Waals surface area contributed by atoms with Gasteiger partial charge in [-0.3, -0.25) is 4.79 Å². The molecule has 0 radical (unpaired) electrons. The smallest absolute Gasteiger partial charge is 0.255 e. The van der Waals surface area contributed by atoms with Gasteiger partial charge in [-0.1, -0.05) is 18.2 Å². The summed E-state index contributed by atoms with van der Waals surface area (Å²) in [7, 11) is 0. The van der Waals surface area contributed by atoms with Crippen molar-refractivity contribution in [1.29, 1.82) is 0 Å². The van der Waals surface area contributed by atoms with E-state index >= 15 is 0 Å². The molecule has 0 bridgehead atoms. The molecule has 5 nitrogen and oxygen atoms in total. The van der Waals surface area contributed by atoms with Gasteiger partial charge in [0.05, 0.1) is 5.56 Å². The van der Waals surface area contributed by atoms with Crippen LogP contribution < -0.4 is 10.5 Å². The van der Waals surface area contributed by atoms with Crippen molar-refractivity contribution >= 4 is 11.7 Å². The fraction of sp³-hybridized carbons (Fsp3) is 0.333. The first-order valence-corrected chi connectivity index (χ1v) is 7.86. The van der Waals surface area contributed by atoms with Crippen LogP contribution in [0.25, 0.3) is 0 Å². The molecule has 5 heteroatoms. The fourth-order valence-electron chi connectivity index (χ4n) is 2.76. The highest BCUT2D eigenvalue weighted by Gasteiger charge is 2.25. The molecule has 1 fully saturated rings. The zero-order chi connectivity index (χ0) is 16.2. The number of aromatic nitrogens is 1. The van der Waals surface area contributed by atoms with Crippen molar-refractivity contribution in [2.75, 3.05) is 18.8 Å². The van der Waals surface area contributed by atoms with Crippen molar-refractivity contribution in [3.8, 4) is 5.75 Å². The highest BCUT2D eigenvalue weighted by atomic mass is 16.5. The average molecular weight is 311 g/mol. The highest BCUT2D eigenvalue weighted by molar-refractivity contribution is 5.94. The van der Waals surface area contributed by atoms with Crippen LogP contribution in [0.5, 0.6) is 5.75 Å². The molecule has 1 saturated heterocycles. The minimum atomic E-state index is 0.00633. The summed E-state index contributed by atoms with van der Waals surface area (Å²) in [6, 6.07) is 11.4. The van der Waals surface area contributed by atoms with Crippen LogP contribution in [0.1, 0.15) is 28.8 Å². The third-order valence-electron chi connectivity index (χ3n) is 4.15. The number of benzene rings is 1. The summed E-state index contributed by atoms with van der Waals surface area (Å²) in [5.41, 5.74) is 7.28. The first-order chi connectivity index (χ1) is 11.1. The second kappa shape index (κ2) is 6.69. The van der Waals surface area contributed by atoms with Gasteiger partial charge in [-0.05, 0) is 30.7 Å². The van der Waals surface area contributed by atoms with E-state index in [0.29, 0.717) is 24.5 Å². The van der Waals surface area contributed by atoms with Gasteiger partial charge in [0.25, 0.3) is 5.91 Å². The molecule has 0 atom stereocenters. The number of ether oxygens (including phenoxy) is 1. The monoisotopic (exact) mass is 311 g/mol. The van der Waals surface area contributed by atoms with Crippen molar-refractivity contribution < 1.29 is 9.53 Å². The van der Waals surface area contributed by atoms with E-state index in [1.807, 2.05) is 36.1 Å². The SMILES string of the molecule is Cc1ccccc1OC1CCN(C(=O)c2ccc(N)nc2)CC1. The molecule has 3 rings (SSSR count). The van der Waals surface area contributed by atoms with Crippen LogP contribution in [0.2, 0.25) is 0 Å². The molecule has 1 aromatic heterocycles. The van der Waals surface area contributed by atoms with Gasteiger partial charge in [0.15, 0.2) is 0 Å². The Bertz CT molecular complexity index is 677. The molecule has 0 saturated carbocycles. The highest BCUT2D eigenvalue weighted by Crippen LogP contribution is 2.23. The van der Waals surface area contributed by atoms with Gasteiger partial charge in [-0.25, -0.2) is 4.98 Å². The number of nitrogen functional groups attached to an aromatic ring is 1. The maximum Gasteiger partial charge on any atom is 0.255 e. The number of pyridine rings is 1. The molecular weight excluding hydrogens is 290 g/mol. The largest absolute Gasteiger partial charge is 0.490 e. The van der Waals surface area contributed by atoms with Crippen LogP contribution in [-0.4, -0.2) is 35.0 Å².